The molecule has 1 aliphatic rings. The van der Waals surface area contributed by atoms with E-state index in [1.165, 1.54) is 5.56 Å². The molecule has 0 aromatic heterocycles. The molecule has 1 aliphatic heterocycles. The first kappa shape index (κ1) is 17.8. The minimum absolute atomic E-state index is 0.553. The van der Waals surface area contributed by atoms with Crippen molar-refractivity contribution in [1.82, 2.24) is 4.90 Å². The van der Waals surface area contributed by atoms with E-state index in [-0.39, 0.29) is 0 Å². The van der Waals surface area contributed by atoms with Crippen LogP contribution < -0.4 is 9.47 Å². The van der Waals surface area contributed by atoms with Crippen molar-refractivity contribution >= 4 is 0 Å². The molecular formula is C21H27NO3. The molecule has 1 heterocycles. The molecule has 2 aromatic carbocycles. The molecular weight excluding hydrogens is 314 g/mol. The van der Waals surface area contributed by atoms with Crippen molar-refractivity contribution in [2.45, 2.75) is 19.4 Å². The minimum Gasteiger partial charge on any atom is -0.497 e. The number of para-hydroxylation sites is 1. The third-order valence-corrected chi connectivity index (χ3v) is 4.53. The molecule has 1 saturated heterocycles. The van der Waals surface area contributed by atoms with E-state index in [9.17, 15) is 0 Å². The molecule has 0 spiro atoms. The van der Waals surface area contributed by atoms with Gasteiger partial charge in [-0.15, -0.1) is 0 Å². The Kier molecular flexibility index (Phi) is 6.71. The highest BCUT2D eigenvalue weighted by Crippen LogP contribution is 2.22. The maximum atomic E-state index is 6.08. The molecule has 2 aromatic rings. The number of aryl methyl sites for hydroxylation is 1. The summed E-state index contributed by atoms with van der Waals surface area (Å²) in [5, 5.41) is 0. The molecule has 4 nitrogen and oxygen atoms in total. The highest BCUT2D eigenvalue weighted by molar-refractivity contribution is 5.34. The number of morpholine rings is 1. The second-order valence-electron chi connectivity index (χ2n) is 6.31. The predicted octanol–water partition coefficient (Wildman–Crippen LogP) is 3.54. The zero-order chi connectivity index (χ0) is 17.3. The van der Waals surface area contributed by atoms with Crippen molar-refractivity contribution in [3.8, 4) is 11.5 Å². The van der Waals surface area contributed by atoms with Gasteiger partial charge in [-0.3, -0.25) is 4.90 Å². The Morgan fingerprint density at radius 2 is 1.88 bits per heavy atom. The van der Waals surface area contributed by atoms with Gasteiger partial charge in [0.1, 0.15) is 18.1 Å². The van der Waals surface area contributed by atoms with Crippen LogP contribution in [0.15, 0.2) is 48.5 Å². The predicted molar refractivity (Wildman–Crippen MR) is 99.3 cm³/mol. The maximum absolute atomic E-state index is 6.08. The first-order chi connectivity index (χ1) is 12.3. The summed E-state index contributed by atoms with van der Waals surface area (Å²) in [6.45, 7) is 5.49. The summed E-state index contributed by atoms with van der Waals surface area (Å²) in [7, 11) is 1.68. The summed E-state index contributed by atoms with van der Waals surface area (Å²) in [5.41, 5.74) is 2.39. The number of methoxy groups -OCH3 is 1. The van der Waals surface area contributed by atoms with Gasteiger partial charge in [0.25, 0.3) is 0 Å². The smallest absolute Gasteiger partial charge is 0.122 e. The van der Waals surface area contributed by atoms with E-state index < -0.39 is 0 Å². The monoisotopic (exact) mass is 341 g/mol. The molecule has 134 valence electrons. The Bertz CT molecular complexity index is 653. The van der Waals surface area contributed by atoms with Gasteiger partial charge in [-0.25, -0.2) is 0 Å². The van der Waals surface area contributed by atoms with Crippen molar-refractivity contribution in [1.29, 1.82) is 0 Å². The fourth-order valence-electron chi connectivity index (χ4n) is 3.09. The lowest BCUT2D eigenvalue weighted by Gasteiger charge is -2.26. The second-order valence-corrected chi connectivity index (χ2v) is 6.31. The average Bonchev–Trinajstić information content (AvgIpc) is 2.68. The van der Waals surface area contributed by atoms with Gasteiger partial charge in [-0.2, -0.15) is 0 Å². The number of ether oxygens (including phenoxy) is 3. The van der Waals surface area contributed by atoms with Gasteiger partial charge < -0.3 is 14.2 Å². The van der Waals surface area contributed by atoms with Crippen molar-refractivity contribution in [2.75, 3.05) is 40.0 Å². The lowest BCUT2D eigenvalue weighted by Crippen LogP contribution is -2.36. The molecule has 0 unspecified atom stereocenters. The standard InChI is InChI=1S/C21H27NO3/c1-23-20-9-4-6-18(16-20)17-25-21-10-3-2-7-19(21)8-5-11-22-12-14-24-15-13-22/h2-4,6-7,9-10,16H,5,8,11-15,17H2,1H3. The second kappa shape index (κ2) is 9.44. The summed E-state index contributed by atoms with van der Waals surface area (Å²) < 4.78 is 16.8. The fraction of sp³-hybridized carbons (Fsp3) is 0.429. The molecule has 0 saturated carbocycles. The molecule has 0 N–H and O–H groups in total. The van der Waals surface area contributed by atoms with Crippen molar-refractivity contribution in [3.05, 3.63) is 59.7 Å². The Labute approximate surface area is 150 Å². The third kappa shape index (κ3) is 5.48. The largest absolute Gasteiger partial charge is 0.497 e. The summed E-state index contributed by atoms with van der Waals surface area (Å²) in [6, 6.07) is 16.4. The fourth-order valence-corrected chi connectivity index (χ4v) is 3.09. The first-order valence-electron chi connectivity index (χ1n) is 8.99. The van der Waals surface area contributed by atoms with Crippen molar-refractivity contribution in [2.24, 2.45) is 0 Å². The van der Waals surface area contributed by atoms with Crippen LogP contribution in [0, 0.1) is 0 Å². The highest BCUT2D eigenvalue weighted by Gasteiger charge is 2.10. The lowest BCUT2D eigenvalue weighted by molar-refractivity contribution is 0.0374. The normalized spacial score (nSPS) is 15.1. The van der Waals surface area contributed by atoms with Gasteiger partial charge in [0.05, 0.1) is 20.3 Å². The van der Waals surface area contributed by atoms with E-state index in [4.69, 9.17) is 14.2 Å². The maximum Gasteiger partial charge on any atom is 0.122 e. The Hall–Kier alpha value is -2.04. The number of hydrogen-bond acceptors (Lipinski definition) is 4. The summed E-state index contributed by atoms with van der Waals surface area (Å²) in [5.74, 6) is 1.84. The zero-order valence-corrected chi connectivity index (χ0v) is 14.9. The summed E-state index contributed by atoms with van der Waals surface area (Å²) >= 11 is 0. The van der Waals surface area contributed by atoms with Crippen LogP contribution in [0.5, 0.6) is 11.5 Å². The number of benzene rings is 2. The van der Waals surface area contributed by atoms with Gasteiger partial charge in [-0.1, -0.05) is 30.3 Å². The van der Waals surface area contributed by atoms with Crippen LogP contribution in [0.2, 0.25) is 0 Å². The molecule has 0 aliphatic carbocycles. The summed E-state index contributed by atoms with van der Waals surface area (Å²) in [6.07, 6.45) is 2.17. The number of rotatable bonds is 8. The van der Waals surface area contributed by atoms with Crippen LogP contribution in [-0.2, 0) is 17.8 Å². The Balaban J connectivity index is 1.53. The van der Waals surface area contributed by atoms with Gasteiger partial charge in [0, 0.05) is 13.1 Å². The molecule has 0 radical (unpaired) electrons. The quantitative estimate of drug-likeness (QED) is 0.735. The minimum atomic E-state index is 0.553. The van der Waals surface area contributed by atoms with Crippen molar-refractivity contribution < 1.29 is 14.2 Å². The zero-order valence-electron chi connectivity index (χ0n) is 14.9. The van der Waals surface area contributed by atoms with Crippen LogP contribution >= 0.6 is 0 Å². The molecule has 4 heteroatoms. The molecule has 0 atom stereocenters. The molecule has 25 heavy (non-hydrogen) atoms. The number of hydrogen-bond donors (Lipinski definition) is 0. The lowest BCUT2D eigenvalue weighted by atomic mass is 10.1. The van der Waals surface area contributed by atoms with Crippen LogP contribution in [0.25, 0.3) is 0 Å². The molecule has 1 fully saturated rings. The van der Waals surface area contributed by atoms with E-state index in [2.05, 4.69) is 29.2 Å². The van der Waals surface area contributed by atoms with Gasteiger partial charge >= 0.3 is 0 Å². The van der Waals surface area contributed by atoms with Crippen LogP contribution in [-0.4, -0.2) is 44.9 Å². The van der Waals surface area contributed by atoms with E-state index in [0.717, 1.165) is 62.8 Å². The molecule has 0 bridgehead atoms. The van der Waals surface area contributed by atoms with Crippen LogP contribution in [0.1, 0.15) is 17.5 Å². The molecule has 0 amide bonds. The first-order valence-corrected chi connectivity index (χ1v) is 8.99. The number of nitrogens with zero attached hydrogens (tertiary/aromatic N) is 1. The topological polar surface area (TPSA) is 30.9 Å². The highest BCUT2D eigenvalue weighted by atomic mass is 16.5. The molecule has 3 rings (SSSR count). The van der Waals surface area contributed by atoms with Gasteiger partial charge in [0.2, 0.25) is 0 Å². The van der Waals surface area contributed by atoms with E-state index in [1.807, 2.05) is 24.3 Å². The van der Waals surface area contributed by atoms with Crippen molar-refractivity contribution in [3.63, 3.8) is 0 Å². The van der Waals surface area contributed by atoms with Gasteiger partial charge in [-0.05, 0) is 48.7 Å². The van der Waals surface area contributed by atoms with E-state index in [1.54, 1.807) is 7.11 Å². The van der Waals surface area contributed by atoms with Gasteiger partial charge in [0.15, 0.2) is 0 Å². The SMILES string of the molecule is COc1cccc(COc2ccccc2CCCN2CCOCC2)c1. The average molecular weight is 341 g/mol. The van der Waals surface area contributed by atoms with Crippen LogP contribution in [0.3, 0.4) is 0 Å². The Morgan fingerprint density at radius 1 is 1.04 bits per heavy atom. The van der Waals surface area contributed by atoms with E-state index >= 15 is 0 Å². The third-order valence-electron chi connectivity index (χ3n) is 4.53. The summed E-state index contributed by atoms with van der Waals surface area (Å²) in [4.78, 5) is 2.48. The van der Waals surface area contributed by atoms with E-state index in [0.29, 0.717) is 6.61 Å². The van der Waals surface area contributed by atoms with Crippen LogP contribution in [0.4, 0.5) is 0 Å². The Morgan fingerprint density at radius 3 is 2.72 bits per heavy atom.